The quantitative estimate of drug-likeness (QED) is 0.761. The van der Waals surface area contributed by atoms with Crippen molar-refractivity contribution in [1.29, 1.82) is 5.26 Å². The Morgan fingerprint density at radius 1 is 1.25 bits per heavy atom. The van der Waals surface area contributed by atoms with Gasteiger partial charge in [0.25, 0.3) is 0 Å². The lowest BCUT2D eigenvalue weighted by atomic mass is 10.1. The van der Waals surface area contributed by atoms with Crippen molar-refractivity contribution < 1.29 is 8.42 Å². The molecule has 0 unspecified atom stereocenters. The fourth-order valence-corrected chi connectivity index (χ4v) is 1.78. The first-order valence-corrected chi connectivity index (χ1v) is 6.35. The lowest BCUT2D eigenvalue weighted by Crippen LogP contribution is -2.25. The third-order valence-corrected chi connectivity index (χ3v) is 3.10. The highest BCUT2D eigenvalue weighted by Crippen LogP contribution is 2.03. The van der Waals surface area contributed by atoms with E-state index in [4.69, 9.17) is 11.0 Å². The molecule has 0 fully saturated rings. The molecular weight excluding hydrogens is 226 g/mol. The number of nitrogens with two attached hydrogens (primary N) is 1. The van der Waals surface area contributed by atoms with Crippen LogP contribution in [0.15, 0.2) is 24.3 Å². The highest BCUT2D eigenvalue weighted by atomic mass is 32.2. The Bertz CT molecular complexity index is 474. The number of hydrogen-bond donors (Lipinski definition) is 2. The smallest absolute Gasteiger partial charge is 0.225 e. The second-order valence-corrected chi connectivity index (χ2v) is 5.07. The fraction of sp³-hybridized carbons (Fsp3) is 0.300. The van der Waals surface area contributed by atoms with Gasteiger partial charge in [-0.25, -0.2) is 13.1 Å². The largest absolute Gasteiger partial charge is 0.326 e. The molecular formula is C10H13N3O2S. The van der Waals surface area contributed by atoms with Crippen LogP contribution in [0.5, 0.6) is 0 Å². The molecule has 0 spiro atoms. The van der Waals surface area contributed by atoms with Crippen molar-refractivity contribution in [3.05, 3.63) is 35.4 Å². The Hall–Kier alpha value is -1.42. The minimum atomic E-state index is -3.48. The summed E-state index contributed by atoms with van der Waals surface area (Å²) >= 11 is 0. The van der Waals surface area contributed by atoms with E-state index < -0.39 is 15.8 Å². The molecule has 3 N–H and O–H groups in total. The number of rotatable bonds is 5. The van der Waals surface area contributed by atoms with Crippen LogP contribution in [0.1, 0.15) is 11.1 Å². The molecule has 5 nitrogen and oxygen atoms in total. The molecule has 0 radical (unpaired) electrons. The summed E-state index contributed by atoms with van der Waals surface area (Å²) in [6.45, 7) is 0.648. The van der Waals surface area contributed by atoms with E-state index in [2.05, 4.69) is 4.72 Å². The van der Waals surface area contributed by atoms with E-state index >= 15 is 0 Å². The van der Waals surface area contributed by atoms with Crippen molar-refractivity contribution in [2.24, 2.45) is 5.73 Å². The van der Waals surface area contributed by atoms with Gasteiger partial charge < -0.3 is 5.73 Å². The SMILES string of the molecule is N#CCS(=O)(=O)NCc1ccc(CN)cc1. The average Bonchev–Trinajstić information content (AvgIpc) is 2.27. The van der Waals surface area contributed by atoms with Gasteiger partial charge in [-0.15, -0.1) is 0 Å². The number of benzene rings is 1. The first-order chi connectivity index (χ1) is 7.57. The van der Waals surface area contributed by atoms with Crippen LogP contribution in [0.4, 0.5) is 0 Å². The molecule has 0 atom stereocenters. The van der Waals surface area contributed by atoms with Crippen LogP contribution >= 0.6 is 0 Å². The van der Waals surface area contributed by atoms with Crippen LogP contribution < -0.4 is 10.5 Å². The first kappa shape index (κ1) is 12.6. The van der Waals surface area contributed by atoms with E-state index in [0.29, 0.717) is 6.54 Å². The maximum absolute atomic E-state index is 11.2. The van der Waals surface area contributed by atoms with Gasteiger partial charge in [-0.1, -0.05) is 24.3 Å². The van der Waals surface area contributed by atoms with Gasteiger partial charge in [0, 0.05) is 13.1 Å². The number of nitrogens with one attached hydrogen (secondary N) is 1. The minimum Gasteiger partial charge on any atom is -0.326 e. The zero-order valence-electron chi connectivity index (χ0n) is 8.68. The number of nitriles is 1. The fourth-order valence-electron chi connectivity index (χ4n) is 1.12. The molecule has 0 aliphatic rings. The van der Waals surface area contributed by atoms with Gasteiger partial charge >= 0.3 is 0 Å². The number of sulfonamides is 1. The van der Waals surface area contributed by atoms with Crippen molar-refractivity contribution >= 4 is 10.0 Å². The summed E-state index contributed by atoms with van der Waals surface area (Å²) in [4.78, 5) is 0. The second kappa shape index (κ2) is 5.61. The van der Waals surface area contributed by atoms with Crippen molar-refractivity contribution in [3.8, 4) is 6.07 Å². The standard InChI is InChI=1S/C10H13N3O2S/c11-5-6-16(14,15)13-8-10-3-1-9(7-12)2-4-10/h1-4,13H,6-8,12H2. The third kappa shape index (κ3) is 3.98. The summed E-state index contributed by atoms with van der Waals surface area (Å²) in [6.07, 6.45) is 0. The molecule has 0 aliphatic heterocycles. The molecule has 16 heavy (non-hydrogen) atoms. The highest BCUT2D eigenvalue weighted by Gasteiger charge is 2.08. The van der Waals surface area contributed by atoms with Crippen molar-refractivity contribution in [2.45, 2.75) is 13.1 Å². The number of nitrogens with zero attached hydrogens (tertiary/aromatic N) is 1. The number of hydrogen-bond acceptors (Lipinski definition) is 4. The van der Waals surface area contributed by atoms with E-state index in [-0.39, 0.29) is 6.54 Å². The molecule has 0 amide bonds. The Balaban J connectivity index is 2.59. The summed E-state index contributed by atoms with van der Waals surface area (Å²) in [6, 6.07) is 8.88. The summed E-state index contributed by atoms with van der Waals surface area (Å²) in [5, 5.41) is 8.28. The summed E-state index contributed by atoms with van der Waals surface area (Å²) in [5.74, 6) is -0.520. The van der Waals surface area contributed by atoms with Gasteiger partial charge in [0.1, 0.15) is 0 Å². The molecule has 1 aromatic carbocycles. The van der Waals surface area contributed by atoms with E-state index in [0.717, 1.165) is 11.1 Å². The van der Waals surface area contributed by atoms with Crippen LogP contribution in [0, 0.1) is 11.3 Å². The van der Waals surface area contributed by atoms with Gasteiger partial charge in [-0.3, -0.25) is 0 Å². The Kier molecular flexibility index (Phi) is 4.43. The Morgan fingerprint density at radius 3 is 2.31 bits per heavy atom. The molecule has 0 saturated heterocycles. The van der Waals surface area contributed by atoms with Gasteiger partial charge in [0.15, 0.2) is 5.75 Å². The Morgan fingerprint density at radius 2 is 1.81 bits per heavy atom. The van der Waals surface area contributed by atoms with E-state index in [9.17, 15) is 8.42 Å². The van der Waals surface area contributed by atoms with Gasteiger partial charge in [-0.2, -0.15) is 5.26 Å². The molecule has 86 valence electrons. The topological polar surface area (TPSA) is 96.0 Å². The average molecular weight is 239 g/mol. The van der Waals surface area contributed by atoms with Crippen LogP contribution in [0.3, 0.4) is 0 Å². The summed E-state index contributed by atoms with van der Waals surface area (Å²) in [5.41, 5.74) is 7.26. The maximum Gasteiger partial charge on any atom is 0.225 e. The molecule has 0 heterocycles. The zero-order valence-corrected chi connectivity index (χ0v) is 9.50. The predicted octanol–water partition coefficient (Wildman–Crippen LogP) is 0.0883. The van der Waals surface area contributed by atoms with Crippen molar-refractivity contribution in [3.63, 3.8) is 0 Å². The van der Waals surface area contributed by atoms with E-state index in [1.165, 1.54) is 0 Å². The zero-order chi connectivity index (χ0) is 12.0. The molecule has 0 aromatic heterocycles. The van der Waals surface area contributed by atoms with Crippen molar-refractivity contribution in [1.82, 2.24) is 4.72 Å². The first-order valence-electron chi connectivity index (χ1n) is 4.69. The Labute approximate surface area is 94.9 Å². The maximum atomic E-state index is 11.2. The predicted molar refractivity (Wildman–Crippen MR) is 60.6 cm³/mol. The van der Waals surface area contributed by atoms with Gasteiger partial charge in [0.2, 0.25) is 10.0 Å². The third-order valence-electron chi connectivity index (χ3n) is 2.01. The molecule has 0 aliphatic carbocycles. The molecule has 0 saturated carbocycles. The van der Waals surface area contributed by atoms with E-state index in [1.54, 1.807) is 18.2 Å². The second-order valence-electron chi connectivity index (χ2n) is 3.26. The molecule has 6 heteroatoms. The lowest BCUT2D eigenvalue weighted by molar-refractivity contribution is 0.585. The van der Waals surface area contributed by atoms with Crippen LogP contribution in [-0.4, -0.2) is 14.2 Å². The minimum absolute atomic E-state index is 0.189. The highest BCUT2D eigenvalue weighted by molar-refractivity contribution is 7.89. The monoisotopic (exact) mass is 239 g/mol. The summed E-state index contributed by atoms with van der Waals surface area (Å²) < 4.78 is 24.7. The lowest BCUT2D eigenvalue weighted by Gasteiger charge is -2.04. The van der Waals surface area contributed by atoms with E-state index in [1.807, 2.05) is 12.1 Å². The molecule has 1 aromatic rings. The normalized spacial score (nSPS) is 11.0. The van der Waals surface area contributed by atoms with Gasteiger partial charge in [0.05, 0.1) is 6.07 Å². The van der Waals surface area contributed by atoms with Crippen molar-refractivity contribution in [2.75, 3.05) is 5.75 Å². The molecule has 0 bridgehead atoms. The summed E-state index contributed by atoms with van der Waals surface area (Å²) in [7, 11) is -3.48. The molecule has 1 rings (SSSR count). The van der Waals surface area contributed by atoms with Crippen LogP contribution in [0.25, 0.3) is 0 Å². The van der Waals surface area contributed by atoms with Crippen LogP contribution in [0.2, 0.25) is 0 Å². The van der Waals surface area contributed by atoms with Gasteiger partial charge in [-0.05, 0) is 11.1 Å². The van der Waals surface area contributed by atoms with Crippen LogP contribution in [-0.2, 0) is 23.1 Å².